The molecule has 0 saturated heterocycles. The zero-order valence-electron chi connectivity index (χ0n) is 9.62. The van der Waals surface area contributed by atoms with Crippen molar-refractivity contribution in [3.8, 4) is 0 Å². The third-order valence-corrected chi connectivity index (χ3v) is 8.04. The number of rotatable bonds is 5. The molecule has 0 fully saturated rings. The molecule has 0 aliphatic heterocycles. The molecular formula is C12H18O2Ti. The van der Waals surface area contributed by atoms with E-state index in [1.165, 1.54) is 5.56 Å². The normalized spacial score (nSPS) is 11.4. The summed E-state index contributed by atoms with van der Waals surface area (Å²) >= 11 is -2.80. The maximum absolute atomic E-state index is 5.62. The first-order chi connectivity index (χ1) is 7.14. The van der Waals surface area contributed by atoms with Gasteiger partial charge in [0.1, 0.15) is 0 Å². The zero-order valence-corrected chi connectivity index (χ0v) is 11.2. The maximum atomic E-state index is 5.62. The summed E-state index contributed by atoms with van der Waals surface area (Å²) < 4.78 is 13.2. The SMILES string of the molecule is C=[C](C)[Ti]([CH2]c1ccccc1)([O]C)[O]C. The topological polar surface area (TPSA) is 18.5 Å². The zero-order chi connectivity index (χ0) is 11.3. The fourth-order valence-electron chi connectivity index (χ4n) is 1.59. The van der Waals surface area contributed by atoms with Crippen molar-refractivity contribution in [3.05, 3.63) is 46.4 Å². The van der Waals surface area contributed by atoms with Crippen LogP contribution >= 0.6 is 0 Å². The molecule has 0 spiro atoms. The molecule has 2 nitrogen and oxygen atoms in total. The molecule has 82 valence electrons. The van der Waals surface area contributed by atoms with Crippen LogP contribution in [0.2, 0.25) is 0 Å². The van der Waals surface area contributed by atoms with Gasteiger partial charge in [-0.25, -0.2) is 0 Å². The summed E-state index contributed by atoms with van der Waals surface area (Å²) in [5.74, 6) is 0. The predicted molar refractivity (Wildman–Crippen MR) is 59.0 cm³/mol. The van der Waals surface area contributed by atoms with Gasteiger partial charge < -0.3 is 0 Å². The van der Waals surface area contributed by atoms with Crippen LogP contribution in [-0.4, -0.2) is 14.2 Å². The second-order valence-corrected chi connectivity index (χ2v) is 9.12. The summed E-state index contributed by atoms with van der Waals surface area (Å²) in [4.78, 5) is 0. The standard InChI is InChI=1S/C7H7.C3H5.2CH3O.Ti/c1-7-5-3-2-4-6-7;1-3-2;2*1-2;/h2-6H,1H2;1H2,2H3;2*1H3;/q;;2*-1;+2. The first-order valence-corrected chi connectivity index (χ1v) is 8.11. The molecular weight excluding hydrogens is 224 g/mol. The van der Waals surface area contributed by atoms with Gasteiger partial charge in [0.05, 0.1) is 0 Å². The van der Waals surface area contributed by atoms with E-state index in [2.05, 4.69) is 18.7 Å². The van der Waals surface area contributed by atoms with E-state index in [4.69, 9.17) is 6.64 Å². The van der Waals surface area contributed by atoms with Gasteiger partial charge in [-0.2, -0.15) is 0 Å². The second kappa shape index (κ2) is 5.62. The van der Waals surface area contributed by atoms with Crippen molar-refractivity contribution in [2.45, 2.75) is 11.6 Å². The molecule has 1 aromatic carbocycles. The third kappa shape index (κ3) is 3.02. The van der Waals surface area contributed by atoms with Crippen molar-refractivity contribution in [2.75, 3.05) is 14.2 Å². The summed E-state index contributed by atoms with van der Waals surface area (Å²) in [5, 5.41) is 0. The molecule has 1 aromatic rings. The number of hydrogen-bond donors (Lipinski definition) is 0. The first-order valence-electron chi connectivity index (χ1n) is 4.95. The molecule has 0 aromatic heterocycles. The van der Waals surface area contributed by atoms with E-state index in [1.54, 1.807) is 14.2 Å². The molecule has 0 bridgehead atoms. The minimum atomic E-state index is -2.80. The van der Waals surface area contributed by atoms with Crippen molar-refractivity contribution in [2.24, 2.45) is 0 Å². The molecule has 0 heterocycles. The van der Waals surface area contributed by atoms with Gasteiger partial charge in [0.2, 0.25) is 0 Å². The van der Waals surface area contributed by atoms with Gasteiger partial charge in [0.25, 0.3) is 0 Å². The van der Waals surface area contributed by atoms with E-state index in [1.807, 2.05) is 25.1 Å². The van der Waals surface area contributed by atoms with Crippen LogP contribution in [0.4, 0.5) is 0 Å². The molecule has 0 saturated carbocycles. The van der Waals surface area contributed by atoms with Crippen LogP contribution in [0.1, 0.15) is 12.5 Å². The summed E-state index contributed by atoms with van der Waals surface area (Å²) in [5.41, 5.74) is 1.25. The predicted octanol–water partition coefficient (Wildman–Crippen LogP) is 3.00. The molecule has 0 radical (unpaired) electrons. The summed E-state index contributed by atoms with van der Waals surface area (Å²) in [6.45, 7) is 5.99. The molecule has 1 rings (SSSR count). The summed E-state index contributed by atoms with van der Waals surface area (Å²) in [6.07, 6.45) is 0. The third-order valence-electron chi connectivity index (χ3n) is 2.59. The molecule has 0 atom stereocenters. The minimum absolute atomic E-state index is 0.864. The monoisotopic (exact) mass is 242 g/mol. The molecule has 15 heavy (non-hydrogen) atoms. The Kier molecular flexibility index (Phi) is 4.74. The Labute approximate surface area is 96.2 Å². The summed E-state index contributed by atoms with van der Waals surface area (Å²) in [7, 11) is 3.45. The average Bonchev–Trinajstić information content (AvgIpc) is 2.27. The average molecular weight is 242 g/mol. The first kappa shape index (κ1) is 12.7. The summed E-state index contributed by atoms with van der Waals surface area (Å²) in [6, 6.07) is 10.3. The van der Waals surface area contributed by atoms with Gasteiger partial charge >= 0.3 is 96.2 Å². The van der Waals surface area contributed by atoms with Crippen molar-refractivity contribution >= 4 is 0 Å². The Morgan fingerprint density at radius 3 is 2.13 bits per heavy atom. The molecule has 3 heteroatoms. The fraction of sp³-hybridized carbons (Fsp3) is 0.333. The Morgan fingerprint density at radius 1 is 1.20 bits per heavy atom. The van der Waals surface area contributed by atoms with Crippen molar-refractivity contribution in [1.82, 2.24) is 0 Å². The van der Waals surface area contributed by atoms with E-state index >= 15 is 0 Å². The van der Waals surface area contributed by atoms with Crippen LogP contribution < -0.4 is 0 Å². The number of benzene rings is 1. The second-order valence-electron chi connectivity index (χ2n) is 3.60. The van der Waals surface area contributed by atoms with Crippen LogP contribution in [0.3, 0.4) is 0 Å². The van der Waals surface area contributed by atoms with E-state index in [0.29, 0.717) is 0 Å². The van der Waals surface area contributed by atoms with Gasteiger partial charge in [-0.1, -0.05) is 0 Å². The van der Waals surface area contributed by atoms with E-state index in [9.17, 15) is 0 Å². The Bertz CT molecular complexity index is 318. The van der Waals surface area contributed by atoms with Crippen LogP contribution in [0.5, 0.6) is 0 Å². The fourth-order valence-corrected chi connectivity index (χ4v) is 5.07. The Morgan fingerprint density at radius 2 is 1.73 bits per heavy atom. The molecule has 0 aliphatic rings. The Hall–Kier alpha value is -0.406. The molecule has 0 amide bonds. The number of allylic oxidation sites excluding steroid dienone is 1. The van der Waals surface area contributed by atoms with Crippen LogP contribution in [0.15, 0.2) is 40.8 Å². The molecule has 0 unspecified atom stereocenters. The van der Waals surface area contributed by atoms with E-state index < -0.39 is 17.4 Å². The van der Waals surface area contributed by atoms with Gasteiger partial charge in [-0.3, -0.25) is 0 Å². The van der Waals surface area contributed by atoms with Gasteiger partial charge in [0, 0.05) is 0 Å². The van der Waals surface area contributed by atoms with E-state index in [-0.39, 0.29) is 0 Å². The van der Waals surface area contributed by atoms with Gasteiger partial charge in [-0.15, -0.1) is 0 Å². The molecule has 0 N–H and O–H groups in total. The Balaban J connectivity index is 2.89. The quantitative estimate of drug-likeness (QED) is 0.739. The van der Waals surface area contributed by atoms with Crippen LogP contribution in [0, 0.1) is 0 Å². The van der Waals surface area contributed by atoms with Gasteiger partial charge in [-0.05, 0) is 0 Å². The van der Waals surface area contributed by atoms with Crippen molar-refractivity contribution in [3.63, 3.8) is 0 Å². The van der Waals surface area contributed by atoms with Crippen LogP contribution in [-0.2, 0) is 28.7 Å². The number of hydrogen-bond acceptors (Lipinski definition) is 2. The van der Waals surface area contributed by atoms with Crippen molar-refractivity contribution < 1.29 is 24.0 Å². The van der Waals surface area contributed by atoms with Crippen molar-refractivity contribution in [1.29, 1.82) is 0 Å². The van der Waals surface area contributed by atoms with Gasteiger partial charge in [0.15, 0.2) is 0 Å². The molecule has 0 aliphatic carbocycles. The van der Waals surface area contributed by atoms with Crippen LogP contribution in [0.25, 0.3) is 0 Å². The van der Waals surface area contributed by atoms with E-state index in [0.717, 1.165) is 8.60 Å².